The van der Waals surface area contributed by atoms with E-state index in [1.54, 1.807) is 12.1 Å². The van der Waals surface area contributed by atoms with Crippen molar-refractivity contribution in [2.45, 2.75) is 39.0 Å². The summed E-state index contributed by atoms with van der Waals surface area (Å²) in [5.41, 5.74) is 0.944. The van der Waals surface area contributed by atoms with Crippen LogP contribution in [0, 0.1) is 5.92 Å². The highest BCUT2D eigenvalue weighted by Crippen LogP contribution is 2.33. The van der Waals surface area contributed by atoms with E-state index in [0.29, 0.717) is 5.02 Å². The lowest BCUT2D eigenvalue weighted by Gasteiger charge is -2.21. The second-order valence-corrected chi connectivity index (χ2v) is 6.28. The van der Waals surface area contributed by atoms with E-state index in [1.807, 2.05) is 26.8 Å². The highest BCUT2D eigenvalue weighted by atomic mass is 35.5. The summed E-state index contributed by atoms with van der Waals surface area (Å²) in [6, 6.07) is 5.21. The molecule has 0 spiro atoms. The van der Waals surface area contributed by atoms with Crippen LogP contribution in [-0.4, -0.2) is 11.9 Å². The van der Waals surface area contributed by atoms with Crippen LogP contribution in [0.25, 0.3) is 0 Å². The average molecular weight is 281 g/mol. The van der Waals surface area contributed by atoms with Crippen molar-refractivity contribution in [3.8, 4) is 0 Å². The fourth-order valence-corrected chi connectivity index (χ4v) is 2.30. The van der Waals surface area contributed by atoms with E-state index in [1.165, 1.54) is 0 Å². The molecule has 0 aliphatic heterocycles. The first-order valence-corrected chi connectivity index (χ1v) is 6.73. The van der Waals surface area contributed by atoms with Gasteiger partial charge in [0.2, 0.25) is 0 Å². The predicted octanol–water partition coefficient (Wildman–Crippen LogP) is 3.73. The van der Waals surface area contributed by atoms with Gasteiger partial charge in [0.05, 0.1) is 16.5 Å². The van der Waals surface area contributed by atoms with Crippen LogP contribution < -0.4 is 0 Å². The predicted molar refractivity (Wildman–Crippen MR) is 73.3 cm³/mol. The Bertz CT molecular complexity index is 525. The smallest absolute Gasteiger partial charge is 0.347 e. The average Bonchev–Trinajstić information content (AvgIpc) is 3.10. The molecule has 0 atom stereocenters. The monoisotopic (exact) mass is 280 g/mol. The summed E-state index contributed by atoms with van der Waals surface area (Å²) in [5, 5.41) is 0.364. The molecule has 1 aromatic rings. The number of halogens is 1. The molecule has 2 rings (SSSR count). The van der Waals surface area contributed by atoms with E-state index < -0.39 is 11.9 Å². The van der Waals surface area contributed by atoms with Crippen molar-refractivity contribution in [1.29, 1.82) is 0 Å². The summed E-state index contributed by atoms with van der Waals surface area (Å²) < 4.78 is 4.85. The maximum absolute atomic E-state index is 12.0. The third-order valence-corrected chi connectivity index (χ3v) is 3.54. The summed E-state index contributed by atoms with van der Waals surface area (Å²) in [4.78, 5) is 23.5. The number of benzene rings is 1. The minimum atomic E-state index is -0.659. The van der Waals surface area contributed by atoms with E-state index in [-0.39, 0.29) is 16.9 Å². The number of ether oxygens (including phenoxy) is 1. The van der Waals surface area contributed by atoms with Crippen molar-refractivity contribution in [2.24, 2.45) is 5.92 Å². The van der Waals surface area contributed by atoms with Crippen LogP contribution >= 0.6 is 11.6 Å². The fourth-order valence-electron chi connectivity index (χ4n) is 1.82. The quantitative estimate of drug-likeness (QED) is 0.612. The van der Waals surface area contributed by atoms with E-state index in [9.17, 15) is 9.59 Å². The fraction of sp³-hybridized carbons (Fsp3) is 0.467. The Hall–Kier alpha value is -1.35. The van der Waals surface area contributed by atoms with Gasteiger partial charge in [0, 0.05) is 0 Å². The summed E-state index contributed by atoms with van der Waals surface area (Å²) in [5.74, 6) is -1.20. The van der Waals surface area contributed by atoms with Crippen molar-refractivity contribution >= 4 is 23.5 Å². The maximum Gasteiger partial charge on any atom is 0.347 e. The summed E-state index contributed by atoms with van der Waals surface area (Å²) in [6.07, 6.45) is 1.61. The van der Waals surface area contributed by atoms with Crippen molar-refractivity contribution in [1.82, 2.24) is 0 Å². The van der Waals surface area contributed by atoms with Gasteiger partial charge in [-0.2, -0.15) is 0 Å². The van der Waals surface area contributed by atoms with E-state index in [0.717, 1.165) is 18.4 Å². The minimum Gasteiger partial charge on any atom is -0.389 e. The largest absolute Gasteiger partial charge is 0.389 e. The van der Waals surface area contributed by atoms with Gasteiger partial charge in [-0.25, -0.2) is 4.79 Å². The van der Waals surface area contributed by atoms with Crippen LogP contribution in [0.2, 0.25) is 5.02 Å². The molecule has 0 heterocycles. The van der Waals surface area contributed by atoms with Gasteiger partial charge in [-0.1, -0.05) is 44.5 Å². The normalized spacial score (nSPS) is 15.2. The molecule has 1 fully saturated rings. The van der Waals surface area contributed by atoms with Gasteiger partial charge >= 0.3 is 11.9 Å². The van der Waals surface area contributed by atoms with Gasteiger partial charge in [-0.3, -0.25) is 4.79 Å². The zero-order valence-corrected chi connectivity index (χ0v) is 12.1. The lowest BCUT2D eigenvalue weighted by molar-refractivity contribution is -0.139. The Morgan fingerprint density at radius 1 is 1.26 bits per heavy atom. The van der Waals surface area contributed by atoms with E-state index >= 15 is 0 Å². The second-order valence-electron chi connectivity index (χ2n) is 5.90. The van der Waals surface area contributed by atoms with Crippen LogP contribution in [0.1, 0.15) is 49.5 Å². The Morgan fingerprint density at radius 2 is 1.89 bits per heavy atom. The molecule has 1 aliphatic rings. The van der Waals surface area contributed by atoms with Crippen LogP contribution in [0.3, 0.4) is 0 Å². The number of carbonyl (C=O) groups is 2. The summed E-state index contributed by atoms with van der Waals surface area (Å²) >= 11 is 6.25. The third-order valence-electron chi connectivity index (χ3n) is 3.13. The number of hydrogen-bond donors (Lipinski definition) is 0. The Balaban J connectivity index is 2.24. The van der Waals surface area contributed by atoms with Gasteiger partial charge in [-0.15, -0.1) is 0 Å². The second kappa shape index (κ2) is 4.97. The molecule has 0 saturated heterocycles. The molecule has 0 unspecified atom stereocenters. The third kappa shape index (κ3) is 3.16. The van der Waals surface area contributed by atoms with Crippen molar-refractivity contribution in [2.75, 3.05) is 0 Å². The van der Waals surface area contributed by atoms with Crippen LogP contribution in [-0.2, 0) is 14.9 Å². The molecule has 0 radical (unpaired) electrons. The molecule has 0 amide bonds. The maximum atomic E-state index is 12.0. The number of hydrogen-bond acceptors (Lipinski definition) is 3. The van der Waals surface area contributed by atoms with Gasteiger partial charge in [0.15, 0.2) is 0 Å². The van der Waals surface area contributed by atoms with Crippen LogP contribution in [0.4, 0.5) is 0 Å². The molecule has 19 heavy (non-hydrogen) atoms. The number of esters is 2. The molecule has 3 nitrogen and oxygen atoms in total. The van der Waals surface area contributed by atoms with E-state index in [2.05, 4.69) is 0 Å². The zero-order chi connectivity index (χ0) is 14.2. The minimum absolute atomic E-state index is 0.103. The molecule has 1 aliphatic carbocycles. The first-order chi connectivity index (χ1) is 8.80. The standard InChI is InChI=1S/C15H17ClO3/c1-15(2,3)11-6-4-5-10(12(11)16)14(18)19-13(17)9-7-8-9/h4-6,9H,7-8H2,1-3H3. The molecular weight excluding hydrogens is 264 g/mol. The zero-order valence-electron chi connectivity index (χ0n) is 11.3. The van der Waals surface area contributed by atoms with Crippen LogP contribution in [0.5, 0.6) is 0 Å². The van der Waals surface area contributed by atoms with Crippen LogP contribution in [0.15, 0.2) is 18.2 Å². The highest BCUT2D eigenvalue weighted by Gasteiger charge is 2.33. The Kier molecular flexibility index (Phi) is 3.68. The molecule has 0 N–H and O–H groups in total. The summed E-state index contributed by atoms with van der Waals surface area (Å²) in [7, 11) is 0. The number of carbonyl (C=O) groups excluding carboxylic acids is 2. The SMILES string of the molecule is CC(C)(C)c1cccc(C(=O)OC(=O)C2CC2)c1Cl. The first-order valence-electron chi connectivity index (χ1n) is 6.35. The molecule has 4 heteroatoms. The van der Waals surface area contributed by atoms with Crippen molar-refractivity contribution in [3.05, 3.63) is 34.3 Å². The molecule has 102 valence electrons. The van der Waals surface area contributed by atoms with Gasteiger partial charge < -0.3 is 4.74 Å². The van der Waals surface area contributed by atoms with Gasteiger partial charge in [0.25, 0.3) is 0 Å². The Labute approximate surface area is 117 Å². The van der Waals surface area contributed by atoms with Crippen molar-refractivity contribution < 1.29 is 14.3 Å². The molecule has 0 aromatic heterocycles. The van der Waals surface area contributed by atoms with Crippen molar-refractivity contribution in [3.63, 3.8) is 0 Å². The Morgan fingerprint density at radius 3 is 2.42 bits per heavy atom. The lowest BCUT2D eigenvalue weighted by Crippen LogP contribution is -2.17. The van der Waals surface area contributed by atoms with Gasteiger partial charge in [0.1, 0.15) is 0 Å². The number of rotatable bonds is 2. The van der Waals surface area contributed by atoms with E-state index in [4.69, 9.17) is 16.3 Å². The first kappa shape index (κ1) is 14.1. The molecule has 0 bridgehead atoms. The molecule has 1 saturated carbocycles. The molecule has 1 aromatic carbocycles. The summed E-state index contributed by atoms with van der Waals surface area (Å²) in [6.45, 7) is 6.04. The highest BCUT2D eigenvalue weighted by molar-refractivity contribution is 6.34. The van der Waals surface area contributed by atoms with Gasteiger partial charge in [-0.05, 0) is 29.9 Å². The lowest BCUT2D eigenvalue weighted by atomic mass is 9.86. The topological polar surface area (TPSA) is 43.4 Å². The molecular formula is C15H17ClO3.